The average Bonchev–Trinajstić information content (AvgIpc) is 2.82. The van der Waals surface area contributed by atoms with Crippen LogP contribution in [0.2, 0.25) is 0 Å². The number of nitrogens with one attached hydrogen (secondary N) is 1. The molecule has 1 amide bonds. The van der Waals surface area contributed by atoms with E-state index in [0.29, 0.717) is 23.5 Å². The average molecular weight is 445 g/mol. The first-order valence-corrected chi connectivity index (χ1v) is 10.6. The molecule has 0 radical (unpaired) electrons. The lowest BCUT2D eigenvalue weighted by Crippen LogP contribution is -2.18. The van der Waals surface area contributed by atoms with Gasteiger partial charge in [-0.1, -0.05) is 57.2 Å². The minimum absolute atomic E-state index is 0.0280. The first kappa shape index (κ1) is 23.7. The van der Waals surface area contributed by atoms with E-state index in [1.807, 2.05) is 48.5 Å². The molecule has 0 aliphatic rings. The first-order valence-electron chi connectivity index (χ1n) is 10.6. The predicted octanol–water partition coefficient (Wildman–Crippen LogP) is 5.11. The van der Waals surface area contributed by atoms with Gasteiger partial charge in [-0.05, 0) is 52.9 Å². The van der Waals surface area contributed by atoms with Crippen LogP contribution in [-0.4, -0.2) is 25.2 Å². The fraction of sp³-hybridized carbons (Fsp3) is 0.222. The molecule has 3 aromatic rings. The van der Waals surface area contributed by atoms with Crippen LogP contribution in [0.25, 0.3) is 0 Å². The number of hydrazone groups is 1. The molecule has 0 saturated carbocycles. The van der Waals surface area contributed by atoms with Crippen molar-refractivity contribution in [3.05, 3.63) is 101 Å². The van der Waals surface area contributed by atoms with Gasteiger partial charge in [-0.2, -0.15) is 5.10 Å². The van der Waals surface area contributed by atoms with Gasteiger partial charge in [-0.25, -0.2) is 10.2 Å². The van der Waals surface area contributed by atoms with Gasteiger partial charge < -0.3 is 9.47 Å². The molecule has 0 heterocycles. The van der Waals surface area contributed by atoms with Gasteiger partial charge in [-0.15, -0.1) is 0 Å². The number of carbonyl (C=O) groups is 2. The SMILES string of the molecule is COC(=O)c1ccc(COc2ccccc2/C=N\NC(=O)c2ccc(C(C)(C)C)cc2)cc1. The summed E-state index contributed by atoms with van der Waals surface area (Å²) >= 11 is 0. The van der Waals surface area contributed by atoms with E-state index in [9.17, 15) is 9.59 Å². The summed E-state index contributed by atoms with van der Waals surface area (Å²) in [5.41, 5.74) is 6.41. The van der Waals surface area contributed by atoms with E-state index in [4.69, 9.17) is 9.47 Å². The lowest BCUT2D eigenvalue weighted by atomic mass is 9.87. The third-order valence-electron chi connectivity index (χ3n) is 5.07. The number of esters is 1. The summed E-state index contributed by atoms with van der Waals surface area (Å²) in [5.74, 6) is -0.0332. The Bertz CT molecular complexity index is 1130. The molecule has 0 atom stereocenters. The second-order valence-corrected chi connectivity index (χ2v) is 8.54. The van der Waals surface area contributed by atoms with E-state index in [2.05, 4.69) is 31.3 Å². The number of nitrogens with zero attached hydrogens (tertiary/aromatic N) is 1. The number of benzene rings is 3. The van der Waals surface area contributed by atoms with Crippen molar-refractivity contribution in [3.8, 4) is 5.75 Å². The number of methoxy groups -OCH3 is 1. The molecule has 0 aliphatic heterocycles. The molecule has 3 aromatic carbocycles. The molecule has 6 nitrogen and oxygen atoms in total. The van der Waals surface area contributed by atoms with Crippen molar-refractivity contribution in [1.29, 1.82) is 0 Å². The van der Waals surface area contributed by atoms with Crippen molar-refractivity contribution < 1.29 is 19.1 Å². The molecule has 1 N–H and O–H groups in total. The predicted molar refractivity (Wildman–Crippen MR) is 129 cm³/mol. The van der Waals surface area contributed by atoms with E-state index in [1.54, 1.807) is 30.5 Å². The fourth-order valence-corrected chi connectivity index (χ4v) is 3.08. The molecule has 3 rings (SSSR count). The Kier molecular flexibility index (Phi) is 7.61. The van der Waals surface area contributed by atoms with Crippen molar-refractivity contribution in [2.75, 3.05) is 7.11 Å². The van der Waals surface area contributed by atoms with Crippen LogP contribution in [0.1, 0.15) is 58.2 Å². The van der Waals surface area contributed by atoms with Gasteiger partial charge in [0.05, 0.1) is 18.9 Å². The van der Waals surface area contributed by atoms with Crippen LogP contribution >= 0.6 is 0 Å². The summed E-state index contributed by atoms with van der Waals surface area (Å²) in [7, 11) is 1.35. The minimum atomic E-state index is -0.379. The fourth-order valence-electron chi connectivity index (χ4n) is 3.08. The van der Waals surface area contributed by atoms with Gasteiger partial charge in [0.25, 0.3) is 5.91 Å². The Morgan fingerprint density at radius 3 is 2.18 bits per heavy atom. The van der Waals surface area contributed by atoms with Crippen LogP contribution in [-0.2, 0) is 16.8 Å². The van der Waals surface area contributed by atoms with Gasteiger partial charge in [0.1, 0.15) is 12.4 Å². The van der Waals surface area contributed by atoms with Crippen LogP contribution in [0.3, 0.4) is 0 Å². The summed E-state index contributed by atoms with van der Waals surface area (Å²) < 4.78 is 10.6. The second kappa shape index (κ2) is 10.6. The number of carbonyl (C=O) groups excluding carboxylic acids is 2. The third-order valence-corrected chi connectivity index (χ3v) is 5.07. The maximum absolute atomic E-state index is 12.4. The van der Waals surface area contributed by atoms with E-state index in [0.717, 1.165) is 16.7 Å². The van der Waals surface area contributed by atoms with E-state index in [1.165, 1.54) is 7.11 Å². The number of amides is 1. The molecular formula is C27H28N2O4. The number of ether oxygens (including phenoxy) is 2. The highest BCUT2D eigenvalue weighted by Gasteiger charge is 2.14. The Morgan fingerprint density at radius 2 is 1.55 bits per heavy atom. The van der Waals surface area contributed by atoms with Crippen molar-refractivity contribution in [1.82, 2.24) is 5.43 Å². The lowest BCUT2D eigenvalue weighted by Gasteiger charge is -2.18. The number of para-hydroxylation sites is 1. The zero-order chi connectivity index (χ0) is 23.8. The number of hydrogen-bond acceptors (Lipinski definition) is 5. The quantitative estimate of drug-likeness (QED) is 0.312. The van der Waals surface area contributed by atoms with Crippen LogP contribution < -0.4 is 10.2 Å². The van der Waals surface area contributed by atoms with Gasteiger partial charge in [0, 0.05) is 11.1 Å². The maximum Gasteiger partial charge on any atom is 0.337 e. The van der Waals surface area contributed by atoms with E-state index >= 15 is 0 Å². The summed E-state index contributed by atoms with van der Waals surface area (Å²) in [5, 5.41) is 4.09. The molecule has 6 heteroatoms. The topological polar surface area (TPSA) is 77.0 Å². The monoisotopic (exact) mass is 444 g/mol. The Balaban J connectivity index is 1.60. The van der Waals surface area contributed by atoms with Crippen LogP contribution in [0.4, 0.5) is 0 Å². The highest BCUT2D eigenvalue weighted by molar-refractivity contribution is 5.95. The molecule has 170 valence electrons. The van der Waals surface area contributed by atoms with Gasteiger partial charge in [0.2, 0.25) is 0 Å². The Labute approximate surface area is 194 Å². The zero-order valence-corrected chi connectivity index (χ0v) is 19.3. The molecule has 0 aliphatic carbocycles. The van der Waals surface area contributed by atoms with E-state index in [-0.39, 0.29) is 17.3 Å². The zero-order valence-electron chi connectivity index (χ0n) is 19.3. The largest absolute Gasteiger partial charge is 0.488 e. The Hall–Kier alpha value is -3.93. The number of rotatable bonds is 7. The van der Waals surface area contributed by atoms with Gasteiger partial charge >= 0.3 is 5.97 Å². The normalized spacial score (nSPS) is 11.3. The van der Waals surface area contributed by atoms with Crippen LogP contribution in [0.5, 0.6) is 5.75 Å². The van der Waals surface area contributed by atoms with Gasteiger partial charge in [-0.3, -0.25) is 4.79 Å². The highest BCUT2D eigenvalue weighted by Crippen LogP contribution is 2.22. The summed E-state index contributed by atoms with van der Waals surface area (Å²) in [6, 6.07) is 21.9. The van der Waals surface area contributed by atoms with Gasteiger partial charge in [0.15, 0.2) is 0 Å². The molecule has 0 spiro atoms. The maximum atomic E-state index is 12.4. The molecule has 0 bridgehead atoms. The van der Waals surface area contributed by atoms with Crippen molar-refractivity contribution in [2.45, 2.75) is 32.8 Å². The van der Waals surface area contributed by atoms with Crippen LogP contribution in [0, 0.1) is 0 Å². The van der Waals surface area contributed by atoms with E-state index < -0.39 is 0 Å². The number of hydrogen-bond donors (Lipinski definition) is 1. The highest BCUT2D eigenvalue weighted by atomic mass is 16.5. The standard InChI is InChI=1S/C27H28N2O4/c1-27(2,3)23-15-13-20(14-16-23)25(30)29-28-17-22-7-5-6-8-24(22)33-18-19-9-11-21(12-10-19)26(31)32-4/h5-17H,18H2,1-4H3,(H,29,30)/b28-17-. The van der Waals surface area contributed by atoms with Crippen molar-refractivity contribution in [2.24, 2.45) is 5.10 Å². The second-order valence-electron chi connectivity index (χ2n) is 8.54. The molecule has 0 saturated heterocycles. The summed E-state index contributed by atoms with van der Waals surface area (Å²) in [4.78, 5) is 23.9. The lowest BCUT2D eigenvalue weighted by molar-refractivity contribution is 0.0600. The molecule has 0 fully saturated rings. The smallest absolute Gasteiger partial charge is 0.337 e. The first-order chi connectivity index (χ1) is 15.8. The Morgan fingerprint density at radius 1 is 0.909 bits per heavy atom. The minimum Gasteiger partial charge on any atom is -0.488 e. The summed E-state index contributed by atoms with van der Waals surface area (Å²) in [6.45, 7) is 6.70. The molecule has 0 unspecified atom stereocenters. The molecular weight excluding hydrogens is 416 g/mol. The van der Waals surface area contributed by atoms with Crippen molar-refractivity contribution in [3.63, 3.8) is 0 Å². The molecule has 0 aromatic heterocycles. The molecule has 33 heavy (non-hydrogen) atoms. The third kappa shape index (κ3) is 6.53. The van der Waals surface area contributed by atoms with Crippen molar-refractivity contribution >= 4 is 18.1 Å². The summed E-state index contributed by atoms with van der Waals surface area (Å²) in [6.07, 6.45) is 1.55. The van der Waals surface area contributed by atoms with Crippen LogP contribution in [0.15, 0.2) is 77.9 Å².